The van der Waals surface area contributed by atoms with E-state index in [1.807, 2.05) is 42.2 Å². The number of aliphatic hydroxyl groups is 2. The fraction of sp³-hybridized carbons (Fsp3) is 0.564. The van der Waals surface area contributed by atoms with Gasteiger partial charge in [0.25, 0.3) is 5.69 Å². The van der Waals surface area contributed by atoms with Crippen molar-refractivity contribution in [2.45, 2.75) is 147 Å². The number of non-ortho nitro benzene ring substituents is 1. The van der Waals surface area contributed by atoms with Gasteiger partial charge in [-0.2, -0.15) is 0 Å². The first-order chi connectivity index (χ1) is 33.7. The van der Waals surface area contributed by atoms with Gasteiger partial charge in [0, 0.05) is 50.1 Å². The average Bonchev–Trinajstić information content (AvgIpc) is 3.83. The fourth-order valence-electron chi connectivity index (χ4n) is 11.0. The molecule has 6 unspecified atom stereocenters. The molecule has 0 radical (unpaired) electrons. The van der Waals surface area contributed by atoms with Crippen molar-refractivity contribution in [3.8, 4) is 28.7 Å². The summed E-state index contributed by atoms with van der Waals surface area (Å²) >= 11 is 0. The van der Waals surface area contributed by atoms with Gasteiger partial charge in [0.1, 0.15) is 29.9 Å². The molecular formula is C55H73N3O11. The topological polar surface area (TPSA) is 172 Å². The van der Waals surface area contributed by atoms with E-state index in [4.69, 9.17) is 33.7 Å². The molecule has 69 heavy (non-hydrogen) atoms. The van der Waals surface area contributed by atoms with Crippen molar-refractivity contribution in [2.24, 2.45) is 22.9 Å². The predicted molar refractivity (Wildman–Crippen MR) is 265 cm³/mol. The second kappa shape index (κ2) is 25.4. The van der Waals surface area contributed by atoms with Gasteiger partial charge in [-0.25, -0.2) is 0 Å². The summed E-state index contributed by atoms with van der Waals surface area (Å²) in [5, 5.41) is 36.6. The van der Waals surface area contributed by atoms with Crippen molar-refractivity contribution in [1.29, 1.82) is 0 Å². The number of unbranched alkanes of at least 4 members (excludes halogenated alkanes) is 10. The third kappa shape index (κ3) is 12.5. The van der Waals surface area contributed by atoms with Gasteiger partial charge in [0.15, 0.2) is 11.5 Å². The van der Waals surface area contributed by atoms with Crippen LogP contribution < -0.4 is 18.9 Å². The number of ether oxygens (including phenoxy) is 5. The lowest BCUT2D eigenvalue weighted by atomic mass is 9.55. The Morgan fingerprint density at radius 1 is 0.884 bits per heavy atom. The van der Waals surface area contributed by atoms with Crippen LogP contribution in [-0.4, -0.2) is 76.7 Å². The molecule has 3 aromatic carbocycles. The summed E-state index contributed by atoms with van der Waals surface area (Å²) in [4.78, 5) is 34.5. The highest BCUT2D eigenvalue weighted by Gasteiger charge is 2.65. The highest BCUT2D eigenvalue weighted by Crippen LogP contribution is 2.62. The largest absolute Gasteiger partial charge is 0.459 e. The number of nitro groups is 1. The van der Waals surface area contributed by atoms with E-state index in [-0.39, 0.29) is 68.9 Å². The van der Waals surface area contributed by atoms with Gasteiger partial charge in [-0.3, -0.25) is 14.9 Å². The maximum atomic E-state index is 15.3. The van der Waals surface area contributed by atoms with Crippen molar-refractivity contribution in [3.63, 3.8) is 0 Å². The lowest BCUT2D eigenvalue weighted by molar-refractivity contribution is -0.384. The van der Waals surface area contributed by atoms with Crippen molar-refractivity contribution in [2.75, 3.05) is 33.2 Å². The molecule has 7 rings (SSSR count). The van der Waals surface area contributed by atoms with Gasteiger partial charge in [-0.1, -0.05) is 101 Å². The van der Waals surface area contributed by atoms with Crippen LogP contribution in [0.3, 0.4) is 0 Å². The molecule has 6 atom stereocenters. The first-order valence-corrected chi connectivity index (χ1v) is 25.6. The van der Waals surface area contributed by atoms with E-state index in [0.717, 1.165) is 73.8 Å². The van der Waals surface area contributed by atoms with Crippen molar-refractivity contribution < 1.29 is 48.5 Å². The number of oxime groups is 1. The minimum atomic E-state index is -1.44. The van der Waals surface area contributed by atoms with Crippen molar-refractivity contribution in [3.05, 3.63) is 106 Å². The van der Waals surface area contributed by atoms with E-state index in [1.165, 1.54) is 44.2 Å². The van der Waals surface area contributed by atoms with E-state index < -0.39 is 22.7 Å². The van der Waals surface area contributed by atoms with Crippen LogP contribution in [-0.2, 0) is 20.9 Å². The monoisotopic (exact) mass is 952 g/mol. The van der Waals surface area contributed by atoms with Crippen LogP contribution in [0.4, 0.5) is 5.69 Å². The van der Waals surface area contributed by atoms with Gasteiger partial charge >= 0.3 is 0 Å². The SMILES string of the molecule is C=CCOC12Oc3ccc(Oc4cccc([N+](=O)[O-])c4)cc3C3C(CCCCO)C(CCCCO)C=C(C(=NOCC)CC1N(Cc1ccc4c(c1)OCO4)C(=O)CCCCCCCCCCC)C32. The quantitative estimate of drug-likeness (QED) is 0.0294. The number of aliphatic hydroxyl groups excluding tert-OH is 2. The molecule has 0 aromatic heterocycles. The molecule has 2 aliphatic heterocycles. The first-order valence-electron chi connectivity index (χ1n) is 25.6. The number of hydrogen-bond donors (Lipinski definition) is 2. The number of nitrogens with zero attached hydrogens (tertiary/aromatic N) is 3. The molecule has 1 saturated carbocycles. The number of carbonyl (C=O) groups excluding carboxylic acids is 1. The summed E-state index contributed by atoms with van der Waals surface area (Å²) < 4.78 is 32.6. The number of carbonyl (C=O) groups is 1. The Bertz CT molecular complexity index is 2250. The molecule has 2 heterocycles. The molecule has 14 heteroatoms. The maximum Gasteiger partial charge on any atom is 0.273 e. The molecule has 4 aliphatic rings. The predicted octanol–water partition coefficient (Wildman–Crippen LogP) is 11.7. The highest BCUT2D eigenvalue weighted by molar-refractivity contribution is 6.03. The van der Waals surface area contributed by atoms with Gasteiger partial charge in [-0.15, -0.1) is 6.58 Å². The van der Waals surface area contributed by atoms with Gasteiger partial charge < -0.3 is 43.6 Å². The van der Waals surface area contributed by atoms with E-state index in [9.17, 15) is 20.3 Å². The Morgan fingerprint density at radius 2 is 1.61 bits per heavy atom. The standard InChI is InChI=1S/C55H73N3O11/c1-4-7-8-9-10-11-12-13-14-24-52(61)57(37-39-25-27-49-50(32-39)65-38-64-49)51-36-47(56-67-6-3)45-33-40(20-15-17-29-59)44(23-16-18-30-60)53-46-35-43(68-42-22-19-21-41(34-42)58(62)63)26-28-48(46)69-55(51,54(45)53)66-31-5-2/h5,19,21-22,25-28,32-35,40,44,51,53-54,59-60H,2,4,6-18,20,23-24,29-31,36-38H2,1,3H3. The number of fused-ring (bicyclic) bond motifs is 3. The first kappa shape index (κ1) is 51.4. The Morgan fingerprint density at radius 3 is 2.35 bits per heavy atom. The zero-order chi connectivity index (χ0) is 48.6. The lowest BCUT2D eigenvalue weighted by Crippen LogP contribution is -2.70. The Kier molecular flexibility index (Phi) is 18.9. The molecule has 0 spiro atoms. The number of benzene rings is 3. The molecule has 3 aromatic rings. The average molecular weight is 952 g/mol. The molecular weight excluding hydrogens is 879 g/mol. The Balaban J connectivity index is 1.36. The van der Waals surface area contributed by atoms with Gasteiger partial charge in [0.2, 0.25) is 18.5 Å². The van der Waals surface area contributed by atoms with E-state index in [0.29, 0.717) is 54.6 Å². The third-order valence-electron chi connectivity index (χ3n) is 14.2. The molecule has 2 N–H and O–H groups in total. The second-order valence-corrected chi connectivity index (χ2v) is 18.8. The number of amides is 1. The van der Waals surface area contributed by atoms with Crippen molar-refractivity contribution in [1.82, 2.24) is 4.90 Å². The summed E-state index contributed by atoms with van der Waals surface area (Å²) in [5.41, 5.74) is 3.33. The summed E-state index contributed by atoms with van der Waals surface area (Å²) in [5.74, 6) is 0.454. The summed E-state index contributed by atoms with van der Waals surface area (Å²) in [6, 6.07) is 16.9. The smallest absolute Gasteiger partial charge is 0.273 e. The minimum absolute atomic E-state index is 0.00140. The molecule has 14 nitrogen and oxygen atoms in total. The number of nitro benzene ring substituents is 1. The van der Waals surface area contributed by atoms with E-state index in [1.54, 1.807) is 24.3 Å². The van der Waals surface area contributed by atoms with Crippen molar-refractivity contribution >= 4 is 17.3 Å². The van der Waals surface area contributed by atoms with Crippen LogP contribution in [0.25, 0.3) is 0 Å². The normalized spacial score (nSPS) is 22.5. The zero-order valence-electron chi connectivity index (χ0n) is 40.7. The highest BCUT2D eigenvalue weighted by atomic mass is 16.7. The molecule has 2 aliphatic carbocycles. The Hall–Kier alpha value is -5.44. The van der Waals surface area contributed by atoms with Crippen LogP contribution in [0.15, 0.2) is 90.1 Å². The maximum absolute atomic E-state index is 15.3. The zero-order valence-corrected chi connectivity index (χ0v) is 40.7. The van der Waals surface area contributed by atoms with Gasteiger partial charge in [0.05, 0.1) is 29.2 Å². The molecule has 0 saturated heterocycles. The Labute approximate surface area is 407 Å². The third-order valence-corrected chi connectivity index (χ3v) is 14.2. The molecule has 1 amide bonds. The van der Waals surface area contributed by atoms with Crippen LogP contribution in [0, 0.1) is 27.9 Å². The van der Waals surface area contributed by atoms with Crippen LogP contribution in [0.5, 0.6) is 28.7 Å². The van der Waals surface area contributed by atoms with Gasteiger partial charge in [-0.05, 0) is 98.4 Å². The summed E-state index contributed by atoms with van der Waals surface area (Å²) in [7, 11) is 0. The molecule has 0 bridgehead atoms. The van der Waals surface area contributed by atoms with Crippen LogP contribution in [0.2, 0.25) is 0 Å². The minimum Gasteiger partial charge on any atom is -0.459 e. The summed E-state index contributed by atoms with van der Waals surface area (Å²) in [6.45, 7) is 9.21. The van der Waals surface area contributed by atoms with E-state index in [2.05, 4.69) is 19.6 Å². The lowest BCUT2D eigenvalue weighted by Gasteiger charge is -2.60. The van der Waals surface area contributed by atoms with Crippen LogP contribution >= 0.6 is 0 Å². The summed E-state index contributed by atoms with van der Waals surface area (Å²) in [6.07, 6.45) is 19.2. The second-order valence-electron chi connectivity index (χ2n) is 18.8. The number of allylic oxidation sites excluding steroid dienone is 1. The number of hydrogen-bond acceptors (Lipinski definition) is 12. The van der Waals surface area contributed by atoms with E-state index >= 15 is 4.79 Å². The molecule has 374 valence electrons. The molecule has 1 fully saturated rings. The van der Waals surface area contributed by atoms with Crippen LogP contribution in [0.1, 0.15) is 140 Å². The fourth-order valence-corrected chi connectivity index (χ4v) is 11.0. The number of rotatable bonds is 29.